The molecule has 0 radical (unpaired) electrons. The van der Waals surface area contributed by atoms with Crippen molar-refractivity contribution in [2.24, 2.45) is 0 Å². The van der Waals surface area contributed by atoms with Crippen LogP contribution in [0.3, 0.4) is 0 Å². The molecule has 1 saturated carbocycles. The Labute approximate surface area is 110 Å². The summed E-state index contributed by atoms with van der Waals surface area (Å²) in [6, 6.07) is 8.64. The van der Waals surface area contributed by atoms with E-state index in [0.717, 1.165) is 25.8 Å². The van der Waals surface area contributed by atoms with Crippen molar-refractivity contribution in [1.29, 1.82) is 0 Å². The first-order valence-corrected chi connectivity index (χ1v) is 7.27. The summed E-state index contributed by atoms with van der Waals surface area (Å²) in [6.45, 7) is 3.53. The zero-order chi connectivity index (χ0) is 12.4. The number of rotatable bonds is 4. The molecule has 1 aromatic carbocycles. The van der Waals surface area contributed by atoms with Crippen LogP contribution in [0.1, 0.15) is 43.2 Å². The van der Waals surface area contributed by atoms with E-state index >= 15 is 0 Å². The highest BCUT2D eigenvalue weighted by Gasteiger charge is 2.40. The maximum atomic E-state index is 10.1. The second-order valence-corrected chi connectivity index (χ2v) is 6.01. The molecule has 2 heteroatoms. The molecule has 1 aliphatic carbocycles. The number of aliphatic hydroxyl groups is 1. The maximum Gasteiger partial charge on any atom is 0.0690 e. The van der Waals surface area contributed by atoms with E-state index in [1.165, 1.54) is 43.5 Å². The second-order valence-electron chi connectivity index (χ2n) is 6.01. The van der Waals surface area contributed by atoms with Crippen LogP contribution in [0.25, 0.3) is 0 Å². The highest BCUT2D eigenvalue weighted by atomic mass is 16.3. The second kappa shape index (κ2) is 5.02. The summed E-state index contributed by atoms with van der Waals surface area (Å²) in [5.74, 6) is 0. The summed E-state index contributed by atoms with van der Waals surface area (Å²) in [7, 11) is 0. The minimum absolute atomic E-state index is 0.377. The summed E-state index contributed by atoms with van der Waals surface area (Å²) < 4.78 is 0. The van der Waals surface area contributed by atoms with E-state index < -0.39 is 0 Å². The van der Waals surface area contributed by atoms with E-state index in [2.05, 4.69) is 29.2 Å². The monoisotopic (exact) mass is 245 g/mol. The topological polar surface area (TPSA) is 23.5 Å². The molecule has 3 rings (SSSR count). The van der Waals surface area contributed by atoms with Crippen molar-refractivity contribution in [1.82, 2.24) is 4.90 Å². The molecule has 1 N–H and O–H groups in total. The van der Waals surface area contributed by atoms with E-state index in [0.29, 0.717) is 0 Å². The van der Waals surface area contributed by atoms with Gasteiger partial charge in [-0.25, -0.2) is 0 Å². The van der Waals surface area contributed by atoms with Gasteiger partial charge in [0.2, 0.25) is 0 Å². The minimum atomic E-state index is -0.377. The number of piperidine rings is 1. The number of likely N-dealkylation sites (tertiary alicyclic amines) is 1. The lowest BCUT2D eigenvalue weighted by Crippen LogP contribution is -2.29. The Bertz CT molecular complexity index is 405. The van der Waals surface area contributed by atoms with Gasteiger partial charge in [-0.05, 0) is 49.9 Å². The van der Waals surface area contributed by atoms with E-state index in [4.69, 9.17) is 0 Å². The summed E-state index contributed by atoms with van der Waals surface area (Å²) in [5.41, 5.74) is 2.39. The first-order valence-electron chi connectivity index (χ1n) is 7.27. The third kappa shape index (κ3) is 2.93. The van der Waals surface area contributed by atoms with Crippen LogP contribution in [0.2, 0.25) is 0 Å². The van der Waals surface area contributed by atoms with Crippen molar-refractivity contribution in [3.8, 4) is 0 Å². The average molecular weight is 245 g/mol. The highest BCUT2D eigenvalue weighted by molar-refractivity contribution is 5.29. The van der Waals surface area contributed by atoms with Crippen LogP contribution in [-0.2, 0) is 13.0 Å². The predicted octanol–water partition coefficient (Wildman–Crippen LogP) is 2.74. The molecule has 0 bridgehead atoms. The van der Waals surface area contributed by atoms with Gasteiger partial charge < -0.3 is 5.11 Å². The summed E-state index contributed by atoms with van der Waals surface area (Å²) in [4.78, 5) is 2.55. The maximum absolute atomic E-state index is 10.1. The summed E-state index contributed by atoms with van der Waals surface area (Å²) >= 11 is 0. The molecule has 2 aliphatic rings. The first kappa shape index (κ1) is 12.2. The van der Waals surface area contributed by atoms with Gasteiger partial charge in [0.15, 0.2) is 0 Å². The van der Waals surface area contributed by atoms with Gasteiger partial charge in [0.25, 0.3) is 0 Å². The molecule has 0 atom stereocenters. The van der Waals surface area contributed by atoms with Crippen LogP contribution in [-0.4, -0.2) is 28.7 Å². The quantitative estimate of drug-likeness (QED) is 0.881. The van der Waals surface area contributed by atoms with E-state index in [9.17, 15) is 5.11 Å². The first-order chi connectivity index (χ1) is 8.75. The van der Waals surface area contributed by atoms with Crippen molar-refractivity contribution in [3.63, 3.8) is 0 Å². The van der Waals surface area contributed by atoms with Crippen LogP contribution >= 0.6 is 0 Å². The van der Waals surface area contributed by atoms with Crippen LogP contribution in [0.5, 0.6) is 0 Å². The third-order valence-corrected chi connectivity index (χ3v) is 4.31. The smallest absolute Gasteiger partial charge is 0.0690 e. The highest BCUT2D eigenvalue weighted by Crippen LogP contribution is 2.38. The van der Waals surface area contributed by atoms with E-state index in [1.54, 1.807) is 0 Å². The Balaban J connectivity index is 1.69. The lowest BCUT2D eigenvalue weighted by Gasteiger charge is -2.27. The van der Waals surface area contributed by atoms with Crippen LogP contribution in [0.15, 0.2) is 24.3 Å². The predicted molar refractivity (Wildman–Crippen MR) is 73.5 cm³/mol. The average Bonchev–Trinajstić information content (AvgIpc) is 3.11. The van der Waals surface area contributed by atoms with E-state index in [1.807, 2.05) is 0 Å². The standard InChI is InChI=1S/C16H23NO/c18-16(8-9-16)12-14-6-2-3-7-15(14)13-17-10-4-1-5-11-17/h2-3,6-7,18H,1,4-5,8-13H2. The van der Waals surface area contributed by atoms with Crippen LogP contribution in [0, 0.1) is 0 Å². The van der Waals surface area contributed by atoms with Crippen molar-refractivity contribution < 1.29 is 5.11 Å². The Hall–Kier alpha value is -0.860. The van der Waals surface area contributed by atoms with Crippen molar-refractivity contribution in [3.05, 3.63) is 35.4 Å². The fourth-order valence-corrected chi connectivity index (χ4v) is 2.92. The summed E-state index contributed by atoms with van der Waals surface area (Å²) in [5, 5.41) is 10.1. The normalized spacial score (nSPS) is 22.9. The fraction of sp³-hybridized carbons (Fsp3) is 0.625. The molecule has 0 unspecified atom stereocenters. The van der Waals surface area contributed by atoms with Gasteiger partial charge in [0.05, 0.1) is 5.60 Å². The zero-order valence-electron chi connectivity index (χ0n) is 11.1. The molecule has 1 saturated heterocycles. The van der Waals surface area contributed by atoms with Gasteiger partial charge in [-0.15, -0.1) is 0 Å². The van der Waals surface area contributed by atoms with Gasteiger partial charge >= 0.3 is 0 Å². The number of benzene rings is 1. The molecule has 18 heavy (non-hydrogen) atoms. The number of nitrogens with zero attached hydrogens (tertiary/aromatic N) is 1. The lowest BCUT2D eigenvalue weighted by molar-refractivity contribution is 0.150. The largest absolute Gasteiger partial charge is 0.390 e. The number of hydrogen-bond acceptors (Lipinski definition) is 2. The molecule has 1 aromatic rings. The molecular weight excluding hydrogens is 222 g/mol. The van der Waals surface area contributed by atoms with Gasteiger partial charge in [0, 0.05) is 13.0 Å². The van der Waals surface area contributed by atoms with Crippen molar-refractivity contribution in [2.45, 2.75) is 50.7 Å². The SMILES string of the molecule is OC1(Cc2ccccc2CN2CCCCC2)CC1. The number of hydrogen-bond donors (Lipinski definition) is 1. The molecule has 2 fully saturated rings. The van der Waals surface area contributed by atoms with Gasteiger partial charge in [-0.1, -0.05) is 30.7 Å². The van der Waals surface area contributed by atoms with Crippen molar-refractivity contribution in [2.75, 3.05) is 13.1 Å². The van der Waals surface area contributed by atoms with E-state index in [-0.39, 0.29) is 5.60 Å². The Kier molecular flexibility index (Phi) is 3.40. The van der Waals surface area contributed by atoms with Gasteiger partial charge in [0.1, 0.15) is 0 Å². The van der Waals surface area contributed by atoms with Gasteiger partial charge in [-0.2, -0.15) is 0 Å². The molecule has 1 aliphatic heterocycles. The molecule has 1 heterocycles. The third-order valence-electron chi connectivity index (χ3n) is 4.31. The minimum Gasteiger partial charge on any atom is -0.390 e. The Morgan fingerprint density at radius 3 is 2.33 bits per heavy atom. The lowest BCUT2D eigenvalue weighted by atomic mass is 9.99. The van der Waals surface area contributed by atoms with Crippen LogP contribution in [0.4, 0.5) is 0 Å². The molecule has 0 aromatic heterocycles. The molecule has 0 spiro atoms. The molecule has 2 nitrogen and oxygen atoms in total. The Morgan fingerprint density at radius 1 is 1.00 bits per heavy atom. The molecular formula is C16H23NO. The molecule has 0 amide bonds. The fourth-order valence-electron chi connectivity index (χ4n) is 2.92. The Morgan fingerprint density at radius 2 is 1.67 bits per heavy atom. The molecule has 98 valence electrons. The van der Waals surface area contributed by atoms with Crippen molar-refractivity contribution >= 4 is 0 Å². The van der Waals surface area contributed by atoms with Gasteiger partial charge in [-0.3, -0.25) is 4.90 Å². The summed E-state index contributed by atoms with van der Waals surface area (Å²) in [6.07, 6.45) is 6.86. The zero-order valence-corrected chi connectivity index (χ0v) is 11.1. The van der Waals surface area contributed by atoms with Crippen LogP contribution < -0.4 is 0 Å².